The van der Waals surface area contributed by atoms with Crippen molar-refractivity contribution in [2.75, 3.05) is 6.61 Å². The molecule has 1 aliphatic heterocycles. The number of aliphatic carboxylic acids is 1. The third-order valence-corrected chi connectivity index (χ3v) is 3.16. The molecule has 3 atom stereocenters. The zero-order valence-electron chi connectivity index (χ0n) is 10.9. The number of carbonyl (C=O) groups is 2. The van der Waals surface area contributed by atoms with E-state index in [1.165, 1.54) is 0 Å². The first kappa shape index (κ1) is 14.9. The quantitative estimate of drug-likeness (QED) is 0.627. The van der Waals surface area contributed by atoms with E-state index in [1.54, 1.807) is 0 Å². The molecule has 6 heteroatoms. The van der Waals surface area contributed by atoms with Crippen LogP contribution in [0.4, 0.5) is 0 Å². The van der Waals surface area contributed by atoms with Crippen molar-refractivity contribution in [1.82, 2.24) is 5.32 Å². The Balaban J connectivity index is 2.51. The van der Waals surface area contributed by atoms with Crippen LogP contribution in [-0.4, -0.2) is 41.8 Å². The van der Waals surface area contributed by atoms with Gasteiger partial charge in [0.2, 0.25) is 5.91 Å². The molecule has 0 aromatic heterocycles. The van der Waals surface area contributed by atoms with Crippen LogP contribution in [0, 0.1) is 5.92 Å². The first-order chi connectivity index (χ1) is 8.41. The Morgan fingerprint density at radius 3 is 2.61 bits per heavy atom. The Kier molecular flexibility index (Phi) is 5.55. The topological polar surface area (TPSA) is 102 Å². The van der Waals surface area contributed by atoms with E-state index in [0.717, 1.165) is 12.8 Å². The Hall–Kier alpha value is -1.14. The molecule has 6 nitrogen and oxygen atoms in total. The largest absolute Gasteiger partial charge is 0.480 e. The van der Waals surface area contributed by atoms with Gasteiger partial charge in [-0.2, -0.15) is 0 Å². The molecule has 1 amide bonds. The highest BCUT2D eigenvalue weighted by molar-refractivity contribution is 5.86. The minimum absolute atomic E-state index is 0.0258. The fraction of sp³-hybridized carbons (Fsp3) is 0.833. The second-order valence-corrected chi connectivity index (χ2v) is 5.04. The maximum Gasteiger partial charge on any atom is 0.326 e. The zero-order chi connectivity index (χ0) is 13.7. The van der Waals surface area contributed by atoms with Crippen molar-refractivity contribution in [2.45, 2.75) is 51.3 Å². The molecule has 1 rings (SSSR count). The van der Waals surface area contributed by atoms with Gasteiger partial charge in [-0.25, -0.2) is 4.79 Å². The molecule has 0 aromatic rings. The van der Waals surface area contributed by atoms with Gasteiger partial charge in [0, 0.05) is 13.0 Å². The first-order valence-corrected chi connectivity index (χ1v) is 6.32. The minimum atomic E-state index is -1.05. The van der Waals surface area contributed by atoms with E-state index in [2.05, 4.69) is 5.32 Å². The Morgan fingerprint density at radius 2 is 2.17 bits per heavy atom. The molecule has 1 saturated heterocycles. The smallest absolute Gasteiger partial charge is 0.326 e. The normalized spacial score (nSPS) is 22.8. The number of ether oxygens (including phenoxy) is 1. The molecule has 3 unspecified atom stereocenters. The number of nitrogens with one attached hydrogen (secondary N) is 1. The van der Waals surface area contributed by atoms with E-state index < -0.39 is 24.0 Å². The zero-order valence-corrected chi connectivity index (χ0v) is 10.9. The van der Waals surface area contributed by atoms with Crippen molar-refractivity contribution in [1.29, 1.82) is 0 Å². The van der Waals surface area contributed by atoms with Gasteiger partial charge in [0.05, 0.1) is 12.1 Å². The van der Waals surface area contributed by atoms with Gasteiger partial charge in [-0.15, -0.1) is 0 Å². The van der Waals surface area contributed by atoms with Gasteiger partial charge in [0.25, 0.3) is 0 Å². The molecular weight excluding hydrogens is 236 g/mol. The maximum atomic E-state index is 11.7. The molecule has 0 radical (unpaired) electrons. The van der Waals surface area contributed by atoms with E-state index in [0.29, 0.717) is 13.0 Å². The molecule has 1 fully saturated rings. The second kappa shape index (κ2) is 6.70. The minimum Gasteiger partial charge on any atom is -0.480 e. The van der Waals surface area contributed by atoms with Gasteiger partial charge >= 0.3 is 5.97 Å². The highest BCUT2D eigenvalue weighted by Crippen LogP contribution is 2.17. The van der Waals surface area contributed by atoms with Gasteiger partial charge in [0.1, 0.15) is 6.04 Å². The number of carboxylic acids is 1. The van der Waals surface area contributed by atoms with Crippen LogP contribution < -0.4 is 11.1 Å². The summed E-state index contributed by atoms with van der Waals surface area (Å²) >= 11 is 0. The van der Waals surface area contributed by atoms with Gasteiger partial charge in [0.15, 0.2) is 0 Å². The van der Waals surface area contributed by atoms with Crippen LogP contribution in [0.25, 0.3) is 0 Å². The van der Waals surface area contributed by atoms with Crippen LogP contribution >= 0.6 is 0 Å². The molecule has 1 heterocycles. The lowest BCUT2D eigenvalue weighted by atomic mass is 10.0. The Bertz CT molecular complexity index is 300. The molecule has 0 aliphatic carbocycles. The number of carbonyl (C=O) groups excluding carboxylic acids is 1. The third-order valence-electron chi connectivity index (χ3n) is 3.16. The van der Waals surface area contributed by atoms with Crippen molar-refractivity contribution in [3.8, 4) is 0 Å². The summed E-state index contributed by atoms with van der Waals surface area (Å²) in [6.45, 7) is 4.30. The van der Waals surface area contributed by atoms with E-state index in [9.17, 15) is 9.59 Å². The molecule has 1 aliphatic rings. The summed E-state index contributed by atoms with van der Waals surface area (Å²) < 4.78 is 5.38. The highest BCUT2D eigenvalue weighted by Gasteiger charge is 2.28. The van der Waals surface area contributed by atoms with Gasteiger partial charge in [-0.1, -0.05) is 13.8 Å². The molecule has 104 valence electrons. The van der Waals surface area contributed by atoms with E-state index in [4.69, 9.17) is 15.6 Å². The van der Waals surface area contributed by atoms with Crippen molar-refractivity contribution in [3.63, 3.8) is 0 Å². The summed E-state index contributed by atoms with van der Waals surface area (Å²) in [5.74, 6) is -1.49. The lowest BCUT2D eigenvalue weighted by molar-refractivity contribution is -0.143. The van der Waals surface area contributed by atoms with Crippen molar-refractivity contribution in [3.05, 3.63) is 0 Å². The first-order valence-electron chi connectivity index (χ1n) is 6.32. The van der Waals surface area contributed by atoms with Crippen molar-refractivity contribution >= 4 is 11.9 Å². The van der Waals surface area contributed by atoms with Crippen molar-refractivity contribution < 1.29 is 19.4 Å². The number of amides is 1. The lowest BCUT2D eigenvalue weighted by Crippen LogP contribution is -2.51. The van der Waals surface area contributed by atoms with E-state index in [1.807, 2.05) is 13.8 Å². The summed E-state index contributed by atoms with van der Waals surface area (Å²) in [6, 6.07) is -1.61. The van der Waals surface area contributed by atoms with Crippen LogP contribution in [-0.2, 0) is 14.3 Å². The standard InChI is InChI=1S/C12H22N2O4/c1-7(2)10(13)11(15)14-9(12(16)17)6-8-4-3-5-18-8/h7-10H,3-6,13H2,1-2H3,(H,14,15)(H,16,17). The third kappa shape index (κ3) is 4.27. The van der Waals surface area contributed by atoms with Crippen molar-refractivity contribution in [2.24, 2.45) is 11.7 Å². The average molecular weight is 258 g/mol. The van der Waals surface area contributed by atoms with E-state index in [-0.39, 0.29) is 12.0 Å². The predicted octanol–water partition coefficient (Wildman–Crippen LogP) is 0.108. The predicted molar refractivity (Wildman–Crippen MR) is 66.0 cm³/mol. The van der Waals surface area contributed by atoms with Crippen LogP contribution in [0.1, 0.15) is 33.1 Å². The summed E-state index contributed by atoms with van der Waals surface area (Å²) in [4.78, 5) is 22.8. The van der Waals surface area contributed by atoms with Gasteiger partial charge < -0.3 is 20.9 Å². The number of nitrogens with two attached hydrogens (primary N) is 1. The second-order valence-electron chi connectivity index (χ2n) is 5.04. The highest BCUT2D eigenvalue weighted by atomic mass is 16.5. The summed E-state index contributed by atoms with van der Waals surface area (Å²) in [5.41, 5.74) is 5.68. The number of hydrogen-bond donors (Lipinski definition) is 3. The Labute approximate surface area is 107 Å². The lowest BCUT2D eigenvalue weighted by Gasteiger charge is -2.21. The molecule has 0 saturated carbocycles. The van der Waals surface area contributed by atoms with E-state index >= 15 is 0 Å². The van der Waals surface area contributed by atoms with Crippen LogP contribution in [0.3, 0.4) is 0 Å². The number of rotatable bonds is 6. The van der Waals surface area contributed by atoms with Gasteiger partial charge in [-0.05, 0) is 18.8 Å². The summed E-state index contributed by atoms with van der Waals surface area (Å²) in [5, 5.41) is 11.6. The van der Waals surface area contributed by atoms with Crippen LogP contribution in [0.15, 0.2) is 0 Å². The fourth-order valence-electron chi connectivity index (χ4n) is 1.89. The maximum absolute atomic E-state index is 11.7. The number of hydrogen-bond acceptors (Lipinski definition) is 4. The molecular formula is C12H22N2O4. The molecule has 0 bridgehead atoms. The summed E-state index contributed by atoms with van der Waals surface area (Å²) in [7, 11) is 0. The molecule has 4 N–H and O–H groups in total. The molecule has 18 heavy (non-hydrogen) atoms. The molecule has 0 spiro atoms. The monoisotopic (exact) mass is 258 g/mol. The van der Waals surface area contributed by atoms with Crippen LogP contribution in [0.5, 0.6) is 0 Å². The fourth-order valence-corrected chi connectivity index (χ4v) is 1.89. The Morgan fingerprint density at radius 1 is 1.50 bits per heavy atom. The van der Waals surface area contributed by atoms with Crippen LogP contribution in [0.2, 0.25) is 0 Å². The number of carboxylic acid groups (broad SMARTS) is 1. The SMILES string of the molecule is CC(C)C(N)C(=O)NC(CC1CCCO1)C(=O)O. The average Bonchev–Trinajstić information content (AvgIpc) is 2.79. The summed E-state index contributed by atoms with van der Waals surface area (Å²) in [6.07, 6.45) is 2.00. The molecule has 0 aromatic carbocycles. The van der Waals surface area contributed by atoms with Gasteiger partial charge in [-0.3, -0.25) is 4.79 Å².